The number of carbonyl (C=O) groups is 1. The highest BCUT2D eigenvalue weighted by Gasteiger charge is 2.21. The average Bonchev–Trinajstić information content (AvgIpc) is 2.38. The molecule has 0 aromatic heterocycles. The number of benzene rings is 1. The number of hydrogen-bond acceptors (Lipinski definition) is 5. The third-order valence-corrected chi connectivity index (χ3v) is 2.58. The van der Waals surface area contributed by atoms with Crippen LogP contribution in [0.25, 0.3) is 0 Å². The lowest BCUT2D eigenvalue weighted by atomic mass is 10.0. The topological polar surface area (TPSA) is 78.7 Å². The number of carbonyl (C=O) groups excluding carboxylic acids is 1. The molecule has 6 heteroatoms. The van der Waals surface area contributed by atoms with Crippen molar-refractivity contribution in [3.63, 3.8) is 0 Å². The summed E-state index contributed by atoms with van der Waals surface area (Å²) in [6, 6.07) is 3.00. The molecule has 0 amide bonds. The van der Waals surface area contributed by atoms with Crippen LogP contribution in [0, 0.1) is 17.0 Å². The zero-order valence-corrected chi connectivity index (χ0v) is 10.8. The fourth-order valence-electron chi connectivity index (χ4n) is 1.61. The number of methoxy groups -OCH3 is 1. The normalized spacial score (nSPS) is 9.79. The summed E-state index contributed by atoms with van der Waals surface area (Å²) in [7, 11) is 1.22. The Kier molecular flexibility index (Phi) is 5.05. The lowest BCUT2D eigenvalue weighted by Gasteiger charge is -2.12. The van der Waals surface area contributed by atoms with Crippen molar-refractivity contribution in [2.75, 3.05) is 13.7 Å². The Morgan fingerprint density at radius 2 is 2.21 bits per heavy atom. The summed E-state index contributed by atoms with van der Waals surface area (Å²) in [5.74, 6) is -0.504. The van der Waals surface area contributed by atoms with Gasteiger partial charge in [0.1, 0.15) is 0 Å². The fourth-order valence-corrected chi connectivity index (χ4v) is 1.61. The van der Waals surface area contributed by atoms with Gasteiger partial charge >= 0.3 is 11.7 Å². The predicted octanol–water partition coefficient (Wildman–Crippen LogP) is 2.18. The van der Waals surface area contributed by atoms with Crippen molar-refractivity contribution in [1.82, 2.24) is 0 Å². The van der Waals surface area contributed by atoms with E-state index in [9.17, 15) is 14.9 Å². The second-order valence-corrected chi connectivity index (χ2v) is 3.82. The summed E-state index contributed by atoms with van der Waals surface area (Å²) in [4.78, 5) is 21.5. The molecule has 0 radical (unpaired) electrons. The molecule has 102 valence electrons. The van der Waals surface area contributed by atoms with Crippen molar-refractivity contribution in [1.29, 1.82) is 0 Å². The lowest BCUT2D eigenvalue weighted by molar-refractivity contribution is -0.385. The Hall–Kier alpha value is -2.37. The van der Waals surface area contributed by atoms with Gasteiger partial charge in [-0.2, -0.15) is 0 Å². The van der Waals surface area contributed by atoms with E-state index in [4.69, 9.17) is 4.74 Å². The Morgan fingerprint density at radius 3 is 2.74 bits per heavy atom. The minimum Gasteiger partial charge on any atom is -0.475 e. The SMILES string of the molecule is C=CCc1c(C)ccc([N+](=O)[O-])c1OCC(=O)OC. The Balaban J connectivity index is 3.20. The van der Waals surface area contributed by atoms with E-state index in [1.54, 1.807) is 12.1 Å². The van der Waals surface area contributed by atoms with Crippen LogP contribution in [0.5, 0.6) is 5.75 Å². The van der Waals surface area contributed by atoms with E-state index in [0.717, 1.165) is 5.56 Å². The molecular weight excluding hydrogens is 250 g/mol. The van der Waals surface area contributed by atoms with Crippen molar-refractivity contribution in [3.8, 4) is 5.75 Å². The minimum absolute atomic E-state index is 0.0929. The third-order valence-electron chi connectivity index (χ3n) is 2.58. The largest absolute Gasteiger partial charge is 0.475 e. The molecule has 1 rings (SSSR count). The van der Waals surface area contributed by atoms with E-state index in [-0.39, 0.29) is 18.0 Å². The van der Waals surface area contributed by atoms with Crippen molar-refractivity contribution in [2.24, 2.45) is 0 Å². The van der Waals surface area contributed by atoms with Crippen molar-refractivity contribution in [2.45, 2.75) is 13.3 Å². The van der Waals surface area contributed by atoms with Gasteiger partial charge in [0.15, 0.2) is 6.61 Å². The van der Waals surface area contributed by atoms with Gasteiger partial charge in [-0.25, -0.2) is 4.79 Å². The number of esters is 1. The van der Waals surface area contributed by atoms with Crippen LogP contribution in [-0.2, 0) is 16.0 Å². The quantitative estimate of drug-likeness (QED) is 0.341. The van der Waals surface area contributed by atoms with Gasteiger partial charge in [-0.3, -0.25) is 10.1 Å². The number of aryl methyl sites for hydroxylation is 1. The Morgan fingerprint density at radius 1 is 1.53 bits per heavy atom. The molecule has 1 aromatic carbocycles. The van der Waals surface area contributed by atoms with Crippen molar-refractivity contribution < 1.29 is 19.2 Å². The molecule has 0 aliphatic heterocycles. The highest BCUT2D eigenvalue weighted by atomic mass is 16.6. The maximum atomic E-state index is 11.1. The van der Waals surface area contributed by atoms with Crippen LogP contribution < -0.4 is 4.74 Å². The van der Waals surface area contributed by atoms with E-state index >= 15 is 0 Å². The summed E-state index contributed by atoms with van der Waals surface area (Å²) < 4.78 is 9.70. The summed E-state index contributed by atoms with van der Waals surface area (Å²) in [6.07, 6.45) is 2.04. The molecule has 0 bridgehead atoms. The zero-order chi connectivity index (χ0) is 14.4. The number of nitro benzene ring substituents is 1. The smallest absolute Gasteiger partial charge is 0.343 e. The molecule has 0 aliphatic carbocycles. The highest BCUT2D eigenvalue weighted by molar-refractivity contribution is 5.71. The van der Waals surface area contributed by atoms with Gasteiger partial charge in [0, 0.05) is 11.6 Å². The number of ether oxygens (including phenoxy) is 2. The van der Waals surface area contributed by atoms with Crippen LogP contribution in [0.4, 0.5) is 5.69 Å². The van der Waals surface area contributed by atoms with Gasteiger partial charge in [-0.05, 0) is 18.9 Å². The van der Waals surface area contributed by atoms with Crippen LogP contribution in [0.1, 0.15) is 11.1 Å². The van der Waals surface area contributed by atoms with Crippen LogP contribution in [0.3, 0.4) is 0 Å². The molecule has 0 spiro atoms. The van der Waals surface area contributed by atoms with Gasteiger partial charge < -0.3 is 9.47 Å². The zero-order valence-electron chi connectivity index (χ0n) is 10.8. The molecular formula is C13H15NO5. The van der Waals surface area contributed by atoms with Gasteiger partial charge in [-0.15, -0.1) is 6.58 Å². The van der Waals surface area contributed by atoms with E-state index in [2.05, 4.69) is 11.3 Å². The second-order valence-electron chi connectivity index (χ2n) is 3.82. The van der Waals surface area contributed by atoms with Gasteiger partial charge in [0.05, 0.1) is 12.0 Å². The van der Waals surface area contributed by atoms with E-state index in [1.165, 1.54) is 13.2 Å². The first kappa shape index (κ1) is 14.7. The second kappa shape index (κ2) is 6.53. The molecule has 0 fully saturated rings. The molecule has 19 heavy (non-hydrogen) atoms. The monoisotopic (exact) mass is 265 g/mol. The van der Waals surface area contributed by atoms with Crippen LogP contribution in [0.2, 0.25) is 0 Å². The standard InChI is InChI=1S/C13H15NO5/c1-4-5-10-9(2)6-7-11(14(16)17)13(10)19-8-12(15)18-3/h4,6-7H,1,5,8H2,2-3H3. The number of hydrogen-bond donors (Lipinski definition) is 0. The molecule has 0 aliphatic rings. The average molecular weight is 265 g/mol. The molecule has 0 saturated carbocycles. The molecule has 0 saturated heterocycles. The number of rotatable bonds is 6. The van der Waals surface area contributed by atoms with E-state index in [1.807, 2.05) is 6.92 Å². The molecule has 0 N–H and O–H groups in total. The molecule has 0 atom stereocenters. The summed E-state index contributed by atoms with van der Waals surface area (Å²) in [6.45, 7) is 5.05. The first-order valence-electron chi connectivity index (χ1n) is 5.58. The maximum absolute atomic E-state index is 11.1. The van der Waals surface area contributed by atoms with Crippen molar-refractivity contribution >= 4 is 11.7 Å². The molecule has 6 nitrogen and oxygen atoms in total. The minimum atomic E-state index is -0.597. The third kappa shape index (κ3) is 3.54. The van der Waals surface area contributed by atoms with Crippen LogP contribution >= 0.6 is 0 Å². The fraction of sp³-hybridized carbons (Fsp3) is 0.308. The van der Waals surface area contributed by atoms with Gasteiger partial charge in [0.25, 0.3) is 0 Å². The van der Waals surface area contributed by atoms with E-state index in [0.29, 0.717) is 12.0 Å². The molecule has 0 unspecified atom stereocenters. The van der Waals surface area contributed by atoms with Crippen LogP contribution in [0.15, 0.2) is 24.8 Å². The van der Waals surface area contributed by atoms with Gasteiger partial charge in [0.2, 0.25) is 5.75 Å². The summed E-state index contributed by atoms with van der Waals surface area (Å²) in [5, 5.41) is 11.0. The Bertz CT molecular complexity index is 510. The molecule has 1 aromatic rings. The predicted molar refractivity (Wildman–Crippen MR) is 69.2 cm³/mol. The Labute approximate surface area is 110 Å². The summed E-state index contributed by atoms with van der Waals surface area (Å²) in [5.41, 5.74) is 1.31. The highest BCUT2D eigenvalue weighted by Crippen LogP contribution is 2.33. The first-order valence-corrected chi connectivity index (χ1v) is 5.58. The lowest BCUT2D eigenvalue weighted by Crippen LogP contribution is -2.14. The first-order chi connectivity index (χ1) is 9.01. The van der Waals surface area contributed by atoms with Gasteiger partial charge in [-0.1, -0.05) is 12.1 Å². The number of nitrogens with zero attached hydrogens (tertiary/aromatic N) is 1. The number of allylic oxidation sites excluding steroid dienone is 1. The van der Waals surface area contributed by atoms with Crippen molar-refractivity contribution in [3.05, 3.63) is 46.0 Å². The molecule has 0 heterocycles. The van der Waals surface area contributed by atoms with Crippen LogP contribution in [-0.4, -0.2) is 24.6 Å². The maximum Gasteiger partial charge on any atom is 0.343 e. The van der Waals surface area contributed by atoms with E-state index < -0.39 is 10.9 Å². The summed E-state index contributed by atoms with van der Waals surface area (Å²) >= 11 is 0. The number of nitro groups is 1.